The third-order valence-corrected chi connectivity index (χ3v) is 6.97. The van der Waals surface area contributed by atoms with Crippen LogP contribution < -0.4 is 5.32 Å². The molecule has 2 aromatic rings. The highest BCUT2D eigenvalue weighted by atomic mass is 35.5. The van der Waals surface area contributed by atoms with Crippen molar-refractivity contribution in [2.45, 2.75) is 51.2 Å². The molecule has 2 saturated heterocycles. The molecule has 0 saturated carbocycles. The molecule has 1 atom stereocenters. The first-order valence-corrected chi connectivity index (χ1v) is 11.7. The molecule has 7 nitrogen and oxygen atoms in total. The van der Waals surface area contributed by atoms with E-state index < -0.39 is 23.7 Å². The standard InChI is InChI=1S/C25H27ClFN3O4/c1-15-10-16(2-3-21(15)26)14-29-8-6-20(7-9-29)30-22(4-5-23(30)31)24(32)28-19-12-17(25(33)34)11-18(27)13-19/h2-3,10-13,20,22H,4-9,14H2,1H3,(H,28,32)(H,33,34)/t22-/m1/s1. The Balaban J connectivity index is 1.39. The van der Waals surface area contributed by atoms with Gasteiger partial charge in [-0.25, -0.2) is 9.18 Å². The molecule has 0 radical (unpaired) electrons. The SMILES string of the molecule is Cc1cc(CN2CCC(N3C(=O)CC[C@@H]3C(=O)Nc3cc(F)cc(C(=O)O)c3)CC2)ccc1Cl. The second-order valence-electron chi connectivity index (χ2n) is 8.97. The number of nitrogens with one attached hydrogen (secondary N) is 1. The summed E-state index contributed by atoms with van der Waals surface area (Å²) in [6, 6.07) is 8.49. The summed E-state index contributed by atoms with van der Waals surface area (Å²) in [4.78, 5) is 40.8. The van der Waals surface area contributed by atoms with Gasteiger partial charge < -0.3 is 15.3 Å². The maximum Gasteiger partial charge on any atom is 0.335 e. The van der Waals surface area contributed by atoms with Crippen LogP contribution in [0.15, 0.2) is 36.4 Å². The van der Waals surface area contributed by atoms with E-state index in [2.05, 4.69) is 16.3 Å². The predicted molar refractivity (Wildman–Crippen MR) is 126 cm³/mol. The molecule has 0 bridgehead atoms. The molecule has 0 unspecified atom stereocenters. The molecule has 2 heterocycles. The number of piperidine rings is 1. The second-order valence-corrected chi connectivity index (χ2v) is 9.38. The smallest absolute Gasteiger partial charge is 0.335 e. The number of amides is 2. The Kier molecular flexibility index (Phi) is 7.19. The van der Waals surface area contributed by atoms with Gasteiger partial charge in [-0.3, -0.25) is 14.5 Å². The third-order valence-electron chi connectivity index (χ3n) is 6.55. The topological polar surface area (TPSA) is 90.0 Å². The average Bonchev–Trinajstić information content (AvgIpc) is 3.18. The van der Waals surface area contributed by atoms with Crippen LogP contribution in [0.1, 0.15) is 47.2 Å². The lowest BCUT2D eigenvalue weighted by Gasteiger charge is -2.39. The maximum atomic E-state index is 13.8. The number of nitrogens with zero attached hydrogens (tertiary/aromatic N) is 2. The van der Waals surface area contributed by atoms with Gasteiger partial charge in [0.1, 0.15) is 11.9 Å². The van der Waals surface area contributed by atoms with Crippen molar-refractivity contribution in [3.63, 3.8) is 0 Å². The first-order valence-electron chi connectivity index (χ1n) is 11.3. The Morgan fingerprint density at radius 2 is 1.88 bits per heavy atom. The van der Waals surface area contributed by atoms with Crippen molar-refractivity contribution < 1.29 is 23.9 Å². The van der Waals surface area contributed by atoms with E-state index in [9.17, 15) is 18.8 Å². The Hall–Kier alpha value is -2.97. The minimum absolute atomic E-state index is 0.0453. The molecule has 4 rings (SSSR count). The van der Waals surface area contributed by atoms with E-state index in [4.69, 9.17) is 16.7 Å². The minimum Gasteiger partial charge on any atom is -0.478 e. The number of halogens is 2. The van der Waals surface area contributed by atoms with Crippen LogP contribution in [-0.2, 0) is 16.1 Å². The number of aromatic carboxylic acids is 1. The molecule has 2 aliphatic rings. The average molecular weight is 488 g/mol. The van der Waals surface area contributed by atoms with Crippen molar-refractivity contribution in [3.8, 4) is 0 Å². The van der Waals surface area contributed by atoms with E-state index in [-0.39, 0.29) is 29.6 Å². The van der Waals surface area contributed by atoms with Crippen molar-refractivity contribution >= 4 is 35.1 Å². The van der Waals surface area contributed by atoms with E-state index in [0.29, 0.717) is 6.42 Å². The van der Waals surface area contributed by atoms with E-state index in [1.165, 1.54) is 11.6 Å². The molecule has 34 heavy (non-hydrogen) atoms. The Morgan fingerprint density at radius 1 is 1.15 bits per heavy atom. The minimum atomic E-state index is -1.28. The van der Waals surface area contributed by atoms with Crippen LogP contribution in [0, 0.1) is 12.7 Å². The lowest BCUT2D eigenvalue weighted by Crippen LogP contribution is -2.51. The number of hydrogen-bond acceptors (Lipinski definition) is 4. The first-order chi connectivity index (χ1) is 16.2. The number of carboxylic acid groups (broad SMARTS) is 1. The number of aryl methyl sites for hydroxylation is 1. The number of likely N-dealkylation sites (tertiary alicyclic amines) is 2. The van der Waals surface area contributed by atoms with Crippen molar-refractivity contribution in [1.29, 1.82) is 0 Å². The molecule has 2 aromatic carbocycles. The molecule has 180 valence electrons. The fourth-order valence-corrected chi connectivity index (χ4v) is 4.97. The molecular weight excluding hydrogens is 461 g/mol. The fraction of sp³-hybridized carbons (Fsp3) is 0.400. The summed E-state index contributed by atoms with van der Waals surface area (Å²) in [5.41, 5.74) is 2.04. The number of carbonyl (C=O) groups is 3. The molecule has 2 amide bonds. The van der Waals surface area contributed by atoms with E-state index in [1.54, 1.807) is 4.90 Å². The lowest BCUT2D eigenvalue weighted by molar-refractivity contribution is -0.136. The zero-order valence-corrected chi connectivity index (χ0v) is 19.6. The lowest BCUT2D eigenvalue weighted by atomic mass is 10.0. The van der Waals surface area contributed by atoms with Crippen molar-refractivity contribution in [3.05, 3.63) is 63.9 Å². The fourth-order valence-electron chi connectivity index (χ4n) is 4.85. The normalized spacial score (nSPS) is 19.4. The summed E-state index contributed by atoms with van der Waals surface area (Å²) in [5, 5.41) is 12.5. The zero-order chi connectivity index (χ0) is 24.4. The largest absolute Gasteiger partial charge is 0.478 e. The Bertz CT molecular complexity index is 1120. The van der Waals surface area contributed by atoms with Crippen molar-refractivity contribution in [2.75, 3.05) is 18.4 Å². The van der Waals surface area contributed by atoms with Gasteiger partial charge in [-0.2, -0.15) is 0 Å². The van der Waals surface area contributed by atoms with Gasteiger partial charge in [0.15, 0.2) is 0 Å². The van der Waals surface area contributed by atoms with E-state index >= 15 is 0 Å². The molecule has 0 aromatic heterocycles. The molecule has 0 spiro atoms. The van der Waals surface area contributed by atoms with Gasteiger partial charge in [0.05, 0.1) is 5.56 Å². The van der Waals surface area contributed by atoms with Gasteiger partial charge >= 0.3 is 5.97 Å². The number of hydrogen-bond donors (Lipinski definition) is 2. The number of rotatable bonds is 6. The van der Waals surface area contributed by atoms with Gasteiger partial charge in [0, 0.05) is 42.8 Å². The molecule has 2 aliphatic heterocycles. The van der Waals surface area contributed by atoms with Crippen LogP contribution in [0.3, 0.4) is 0 Å². The van der Waals surface area contributed by atoms with Crippen LogP contribution in [-0.4, -0.2) is 57.9 Å². The van der Waals surface area contributed by atoms with Crippen LogP contribution in [0.4, 0.5) is 10.1 Å². The first kappa shape index (κ1) is 24.2. The molecule has 2 N–H and O–H groups in total. The molecule has 0 aliphatic carbocycles. The summed E-state index contributed by atoms with van der Waals surface area (Å²) in [6.45, 7) is 4.38. The predicted octanol–water partition coefficient (Wildman–Crippen LogP) is 4.08. The highest BCUT2D eigenvalue weighted by Gasteiger charge is 2.41. The van der Waals surface area contributed by atoms with Gasteiger partial charge in [0.25, 0.3) is 0 Å². The van der Waals surface area contributed by atoms with E-state index in [1.807, 2.05) is 19.1 Å². The quantitative estimate of drug-likeness (QED) is 0.640. The van der Waals surface area contributed by atoms with Crippen molar-refractivity contribution in [1.82, 2.24) is 9.80 Å². The summed E-state index contributed by atoms with van der Waals surface area (Å²) in [6.07, 6.45) is 2.18. The highest BCUT2D eigenvalue weighted by Crippen LogP contribution is 2.29. The Labute approximate surface area is 202 Å². The van der Waals surface area contributed by atoms with Gasteiger partial charge in [0.2, 0.25) is 11.8 Å². The third kappa shape index (κ3) is 5.39. The Morgan fingerprint density at radius 3 is 2.56 bits per heavy atom. The van der Waals surface area contributed by atoms with E-state index in [0.717, 1.165) is 55.2 Å². The summed E-state index contributed by atoms with van der Waals surface area (Å²) < 4.78 is 13.8. The monoisotopic (exact) mass is 487 g/mol. The summed E-state index contributed by atoms with van der Waals surface area (Å²) in [5.74, 6) is -2.52. The molecular formula is C25H27ClFN3O4. The zero-order valence-electron chi connectivity index (χ0n) is 18.9. The van der Waals surface area contributed by atoms with Gasteiger partial charge in [-0.05, 0) is 61.6 Å². The van der Waals surface area contributed by atoms with Crippen LogP contribution in [0.2, 0.25) is 5.02 Å². The van der Waals surface area contributed by atoms with Gasteiger partial charge in [-0.15, -0.1) is 0 Å². The number of carbonyl (C=O) groups excluding carboxylic acids is 2. The van der Waals surface area contributed by atoms with Crippen LogP contribution >= 0.6 is 11.6 Å². The van der Waals surface area contributed by atoms with Crippen molar-refractivity contribution in [2.24, 2.45) is 0 Å². The van der Waals surface area contributed by atoms with Crippen LogP contribution in [0.25, 0.3) is 0 Å². The number of carboxylic acids is 1. The second kappa shape index (κ2) is 10.1. The maximum absolute atomic E-state index is 13.8. The molecule has 2 fully saturated rings. The number of anilines is 1. The van der Waals surface area contributed by atoms with Gasteiger partial charge in [-0.1, -0.05) is 23.7 Å². The highest BCUT2D eigenvalue weighted by molar-refractivity contribution is 6.31. The molecule has 9 heteroatoms. The summed E-state index contributed by atoms with van der Waals surface area (Å²) in [7, 11) is 0. The number of benzene rings is 2. The van der Waals surface area contributed by atoms with Crippen LogP contribution in [0.5, 0.6) is 0 Å². The summed E-state index contributed by atoms with van der Waals surface area (Å²) >= 11 is 6.12.